The van der Waals surface area contributed by atoms with Crippen molar-refractivity contribution in [1.82, 2.24) is 4.98 Å². The lowest BCUT2D eigenvalue weighted by Gasteiger charge is -2.13. The molecule has 4 N–H and O–H groups in total. The molecule has 70 valence electrons. The van der Waals surface area contributed by atoms with Crippen LogP contribution in [-0.2, 0) is 0 Å². The van der Waals surface area contributed by atoms with Crippen molar-refractivity contribution in [2.45, 2.75) is 25.7 Å². The van der Waals surface area contributed by atoms with Crippen LogP contribution < -0.4 is 11.5 Å². The number of nitrogens with two attached hydrogens (primary N) is 2. The lowest BCUT2D eigenvalue weighted by molar-refractivity contribution is 0.665. The minimum absolute atomic E-state index is 0.463. The van der Waals surface area contributed by atoms with Crippen LogP contribution in [0.3, 0.4) is 0 Å². The number of nitrogen functional groups attached to an aromatic ring is 2. The van der Waals surface area contributed by atoms with Gasteiger partial charge in [-0.1, -0.05) is 6.92 Å². The molecule has 0 radical (unpaired) electrons. The Labute approximate surface area is 78.1 Å². The van der Waals surface area contributed by atoms with Crippen LogP contribution in [0.2, 0.25) is 0 Å². The van der Waals surface area contributed by atoms with Crippen LogP contribution in [0.1, 0.15) is 31.2 Å². The zero-order valence-electron chi connectivity index (χ0n) is 7.83. The molecule has 1 unspecified atom stereocenters. The van der Waals surface area contributed by atoms with E-state index in [4.69, 9.17) is 11.5 Å². The summed E-state index contributed by atoms with van der Waals surface area (Å²) in [6.07, 6.45) is 4.38. The Hall–Kier alpha value is -1.25. The number of hydrogen-bond acceptors (Lipinski definition) is 3. The fourth-order valence-corrected chi connectivity index (χ4v) is 1.75. The molecule has 1 aliphatic rings. The highest BCUT2D eigenvalue weighted by atomic mass is 14.9. The van der Waals surface area contributed by atoms with Crippen LogP contribution in [0.15, 0.2) is 12.3 Å². The first-order chi connectivity index (χ1) is 6.20. The maximum Gasteiger partial charge on any atom is 0.146 e. The number of hydrogen-bond donors (Lipinski definition) is 2. The van der Waals surface area contributed by atoms with E-state index in [9.17, 15) is 0 Å². The highest BCUT2D eigenvalue weighted by Crippen LogP contribution is 2.44. The Bertz CT molecular complexity index is 318. The second-order valence-electron chi connectivity index (χ2n) is 3.83. The van der Waals surface area contributed by atoms with Gasteiger partial charge in [-0.15, -0.1) is 0 Å². The van der Waals surface area contributed by atoms with Crippen LogP contribution in [0.25, 0.3) is 0 Å². The average Bonchev–Trinajstić information content (AvgIpc) is 2.91. The summed E-state index contributed by atoms with van der Waals surface area (Å²) in [4.78, 5) is 3.95. The molecule has 0 amide bonds. The number of anilines is 2. The van der Waals surface area contributed by atoms with E-state index in [2.05, 4.69) is 11.9 Å². The highest BCUT2D eigenvalue weighted by molar-refractivity contribution is 5.63. The molecule has 1 aliphatic carbocycles. The standard InChI is InChI=1S/C10H15N3/c1-6(7-2-3-7)8-4-5-13-10(12)9(8)11/h4-7H,2-3,11H2,1H3,(H2,12,13). The van der Waals surface area contributed by atoms with Crippen molar-refractivity contribution in [3.8, 4) is 0 Å². The molecule has 0 spiro atoms. The molecule has 0 aliphatic heterocycles. The highest BCUT2D eigenvalue weighted by Gasteiger charge is 2.30. The Kier molecular flexibility index (Phi) is 1.87. The molecule has 1 aromatic rings. The summed E-state index contributed by atoms with van der Waals surface area (Å²) in [6.45, 7) is 2.21. The van der Waals surface area contributed by atoms with E-state index in [-0.39, 0.29) is 0 Å². The average molecular weight is 177 g/mol. The van der Waals surface area contributed by atoms with E-state index in [1.165, 1.54) is 12.8 Å². The molecule has 0 saturated heterocycles. The monoisotopic (exact) mass is 177 g/mol. The van der Waals surface area contributed by atoms with Gasteiger partial charge in [0.2, 0.25) is 0 Å². The number of aromatic nitrogens is 1. The summed E-state index contributed by atoms with van der Waals surface area (Å²) in [5.74, 6) is 1.80. The lowest BCUT2D eigenvalue weighted by Crippen LogP contribution is -2.05. The molecular weight excluding hydrogens is 162 g/mol. The van der Waals surface area contributed by atoms with Crippen molar-refractivity contribution >= 4 is 11.5 Å². The van der Waals surface area contributed by atoms with Gasteiger partial charge in [-0.2, -0.15) is 0 Å². The van der Waals surface area contributed by atoms with Crippen molar-refractivity contribution in [2.75, 3.05) is 11.5 Å². The molecule has 13 heavy (non-hydrogen) atoms. The number of pyridine rings is 1. The summed E-state index contributed by atoms with van der Waals surface area (Å²) in [5.41, 5.74) is 13.3. The van der Waals surface area contributed by atoms with Crippen molar-refractivity contribution in [2.24, 2.45) is 5.92 Å². The van der Waals surface area contributed by atoms with Crippen LogP contribution in [0.5, 0.6) is 0 Å². The molecule has 2 rings (SSSR count). The summed E-state index contributed by atoms with van der Waals surface area (Å²) < 4.78 is 0. The fraction of sp³-hybridized carbons (Fsp3) is 0.500. The van der Waals surface area contributed by atoms with E-state index in [1.54, 1.807) is 6.20 Å². The van der Waals surface area contributed by atoms with Gasteiger partial charge in [0.15, 0.2) is 0 Å². The van der Waals surface area contributed by atoms with Crippen molar-refractivity contribution in [1.29, 1.82) is 0 Å². The normalized spacial score (nSPS) is 18.5. The predicted octanol–water partition coefficient (Wildman–Crippen LogP) is 1.76. The van der Waals surface area contributed by atoms with Crippen LogP contribution >= 0.6 is 0 Å². The summed E-state index contributed by atoms with van der Waals surface area (Å²) in [5, 5.41) is 0. The topological polar surface area (TPSA) is 64.9 Å². The molecule has 1 atom stereocenters. The first-order valence-corrected chi connectivity index (χ1v) is 4.70. The second-order valence-corrected chi connectivity index (χ2v) is 3.83. The van der Waals surface area contributed by atoms with E-state index in [0.29, 0.717) is 17.4 Å². The largest absolute Gasteiger partial charge is 0.396 e. The third kappa shape index (κ3) is 1.46. The molecule has 1 heterocycles. The van der Waals surface area contributed by atoms with Gasteiger partial charge in [0, 0.05) is 6.20 Å². The van der Waals surface area contributed by atoms with Gasteiger partial charge in [0.1, 0.15) is 5.82 Å². The Morgan fingerprint density at radius 1 is 1.46 bits per heavy atom. The quantitative estimate of drug-likeness (QED) is 0.723. The predicted molar refractivity (Wildman–Crippen MR) is 54.2 cm³/mol. The van der Waals surface area contributed by atoms with Gasteiger partial charge in [0.25, 0.3) is 0 Å². The fourth-order valence-electron chi connectivity index (χ4n) is 1.75. The van der Waals surface area contributed by atoms with E-state index in [0.717, 1.165) is 11.5 Å². The first-order valence-electron chi connectivity index (χ1n) is 4.70. The Morgan fingerprint density at radius 2 is 2.15 bits per heavy atom. The molecular formula is C10H15N3. The zero-order valence-corrected chi connectivity index (χ0v) is 7.83. The minimum atomic E-state index is 0.463. The van der Waals surface area contributed by atoms with E-state index < -0.39 is 0 Å². The molecule has 1 fully saturated rings. The van der Waals surface area contributed by atoms with Crippen LogP contribution in [0.4, 0.5) is 11.5 Å². The summed E-state index contributed by atoms with van der Waals surface area (Å²) >= 11 is 0. The Balaban J connectivity index is 2.32. The second kappa shape index (κ2) is 2.91. The summed E-state index contributed by atoms with van der Waals surface area (Å²) in [6, 6.07) is 1.98. The van der Waals surface area contributed by atoms with Crippen LogP contribution in [-0.4, -0.2) is 4.98 Å². The molecule has 1 aromatic heterocycles. The molecule has 0 aromatic carbocycles. The molecule has 3 heteroatoms. The van der Waals surface area contributed by atoms with Gasteiger partial charge in [-0.05, 0) is 36.3 Å². The van der Waals surface area contributed by atoms with Gasteiger partial charge in [-0.25, -0.2) is 4.98 Å². The molecule has 0 bridgehead atoms. The van der Waals surface area contributed by atoms with Crippen molar-refractivity contribution < 1.29 is 0 Å². The molecule has 1 saturated carbocycles. The molecule has 3 nitrogen and oxygen atoms in total. The van der Waals surface area contributed by atoms with Gasteiger partial charge in [0.05, 0.1) is 5.69 Å². The van der Waals surface area contributed by atoms with Gasteiger partial charge >= 0.3 is 0 Å². The van der Waals surface area contributed by atoms with E-state index >= 15 is 0 Å². The Morgan fingerprint density at radius 3 is 2.77 bits per heavy atom. The maximum absolute atomic E-state index is 5.86. The van der Waals surface area contributed by atoms with Gasteiger partial charge in [-0.3, -0.25) is 0 Å². The van der Waals surface area contributed by atoms with Crippen molar-refractivity contribution in [3.05, 3.63) is 17.8 Å². The smallest absolute Gasteiger partial charge is 0.146 e. The lowest BCUT2D eigenvalue weighted by atomic mass is 9.96. The third-order valence-electron chi connectivity index (χ3n) is 2.87. The maximum atomic E-state index is 5.86. The summed E-state index contributed by atoms with van der Waals surface area (Å²) in [7, 11) is 0. The van der Waals surface area contributed by atoms with Crippen molar-refractivity contribution in [3.63, 3.8) is 0 Å². The zero-order chi connectivity index (χ0) is 9.42. The first kappa shape index (κ1) is 8.35. The minimum Gasteiger partial charge on any atom is -0.396 e. The number of nitrogens with zero attached hydrogens (tertiary/aromatic N) is 1. The van der Waals surface area contributed by atoms with Crippen LogP contribution in [0, 0.1) is 5.92 Å². The third-order valence-corrected chi connectivity index (χ3v) is 2.87. The number of rotatable bonds is 2. The SMILES string of the molecule is CC(c1ccnc(N)c1N)C1CC1. The van der Waals surface area contributed by atoms with Gasteiger partial charge < -0.3 is 11.5 Å². The van der Waals surface area contributed by atoms with E-state index in [1.807, 2.05) is 6.07 Å².